The van der Waals surface area contributed by atoms with Gasteiger partial charge in [-0.25, -0.2) is 9.78 Å². The molecule has 0 bridgehead atoms. The molecular formula is C17H17ClN4O2S. The lowest BCUT2D eigenvalue weighted by Gasteiger charge is -2.08. The summed E-state index contributed by atoms with van der Waals surface area (Å²) < 4.78 is 6.69. The van der Waals surface area contributed by atoms with Crippen LogP contribution in [0.3, 0.4) is 0 Å². The van der Waals surface area contributed by atoms with Gasteiger partial charge >= 0.3 is 5.97 Å². The van der Waals surface area contributed by atoms with Gasteiger partial charge in [-0.1, -0.05) is 35.5 Å². The zero-order valence-corrected chi connectivity index (χ0v) is 15.7. The van der Waals surface area contributed by atoms with Crippen molar-refractivity contribution in [2.24, 2.45) is 0 Å². The molecule has 0 amide bonds. The topological polar surface area (TPSA) is 69.4 Å². The fourth-order valence-corrected chi connectivity index (χ4v) is 3.34. The van der Waals surface area contributed by atoms with E-state index >= 15 is 0 Å². The van der Waals surface area contributed by atoms with Crippen LogP contribution in [0.25, 0.3) is 5.78 Å². The highest BCUT2D eigenvalue weighted by atomic mass is 35.5. The van der Waals surface area contributed by atoms with Crippen molar-refractivity contribution in [1.29, 1.82) is 0 Å². The first kappa shape index (κ1) is 17.7. The van der Waals surface area contributed by atoms with E-state index in [1.807, 2.05) is 31.2 Å². The number of hydrogen-bond donors (Lipinski definition) is 0. The van der Waals surface area contributed by atoms with E-state index in [4.69, 9.17) is 16.3 Å². The zero-order valence-electron chi connectivity index (χ0n) is 14.1. The van der Waals surface area contributed by atoms with Gasteiger partial charge in [0.25, 0.3) is 5.78 Å². The van der Waals surface area contributed by atoms with E-state index in [-0.39, 0.29) is 0 Å². The van der Waals surface area contributed by atoms with Crippen LogP contribution in [0.4, 0.5) is 0 Å². The lowest BCUT2D eigenvalue weighted by atomic mass is 10.2. The number of aryl methyl sites for hydroxylation is 2. The van der Waals surface area contributed by atoms with Crippen molar-refractivity contribution in [2.45, 2.75) is 31.7 Å². The van der Waals surface area contributed by atoms with Crippen LogP contribution in [0.5, 0.6) is 0 Å². The third kappa shape index (κ3) is 3.77. The van der Waals surface area contributed by atoms with Gasteiger partial charge in [-0.15, -0.1) is 5.10 Å². The first-order valence-corrected chi connectivity index (χ1v) is 9.14. The van der Waals surface area contributed by atoms with Gasteiger partial charge < -0.3 is 4.74 Å². The van der Waals surface area contributed by atoms with Gasteiger partial charge in [-0.05, 0) is 38.5 Å². The summed E-state index contributed by atoms with van der Waals surface area (Å²) >= 11 is 7.40. The van der Waals surface area contributed by atoms with Gasteiger partial charge in [0.05, 0.1) is 18.0 Å². The monoisotopic (exact) mass is 376 g/mol. The van der Waals surface area contributed by atoms with Crippen LogP contribution in [0.2, 0.25) is 5.02 Å². The van der Waals surface area contributed by atoms with Gasteiger partial charge in [0.1, 0.15) is 5.56 Å². The molecule has 0 N–H and O–H groups in total. The predicted molar refractivity (Wildman–Crippen MR) is 97.2 cm³/mol. The van der Waals surface area contributed by atoms with Crippen molar-refractivity contribution in [3.05, 3.63) is 51.8 Å². The Morgan fingerprint density at radius 1 is 1.24 bits per heavy atom. The summed E-state index contributed by atoms with van der Waals surface area (Å²) in [4.78, 5) is 21.0. The van der Waals surface area contributed by atoms with Crippen LogP contribution in [0, 0.1) is 13.8 Å². The molecule has 0 aliphatic carbocycles. The second-order valence-electron chi connectivity index (χ2n) is 5.40. The molecule has 0 saturated carbocycles. The fraction of sp³-hybridized carbons (Fsp3) is 0.294. The van der Waals surface area contributed by atoms with Crippen molar-refractivity contribution in [2.75, 3.05) is 6.61 Å². The predicted octanol–water partition coefficient (Wildman–Crippen LogP) is 3.86. The second kappa shape index (κ2) is 7.41. The minimum absolute atomic E-state index is 0.315. The number of carbonyl (C=O) groups is 1. The van der Waals surface area contributed by atoms with Gasteiger partial charge in [0.2, 0.25) is 5.16 Å². The molecule has 3 rings (SSSR count). The molecule has 130 valence electrons. The average Bonchev–Trinajstić information content (AvgIpc) is 2.98. The number of halogens is 1. The highest BCUT2D eigenvalue weighted by Gasteiger charge is 2.20. The number of carbonyl (C=O) groups excluding carboxylic acids is 1. The molecule has 6 nitrogen and oxygen atoms in total. The minimum Gasteiger partial charge on any atom is -0.462 e. The van der Waals surface area contributed by atoms with E-state index in [1.54, 1.807) is 18.4 Å². The van der Waals surface area contributed by atoms with Crippen LogP contribution in [-0.2, 0) is 10.5 Å². The van der Waals surface area contributed by atoms with Gasteiger partial charge in [-0.3, -0.25) is 0 Å². The van der Waals surface area contributed by atoms with E-state index in [0.717, 1.165) is 11.3 Å². The molecule has 8 heteroatoms. The fourth-order valence-electron chi connectivity index (χ4n) is 2.44. The highest BCUT2D eigenvalue weighted by Crippen LogP contribution is 2.22. The van der Waals surface area contributed by atoms with Crippen molar-refractivity contribution in [3.8, 4) is 0 Å². The Labute approximate surface area is 154 Å². The summed E-state index contributed by atoms with van der Waals surface area (Å²) in [5.41, 5.74) is 2.83. The van der Waals surface area contributed by atoms with Crippen molar-refractivity contribution < 1.29 is 9.53 Å². The summed E-state index contributed by atoms with van der Waals surface area (Å²) in [6.07, 6.45) is 0. The van der Waals surface area contributed by atoms with Crippen LogP contribution < -0.4 is 0 Å². The highest BCUT2D eigenvalue weighted by molar-refractivity contribution is 7.98. The largest absolute Gasteiger partial charge is 0.462 e. The number of aromatic nitrogens is 4. The summed E-state index contributed by atoms with van der Waals surface area (Å²) in [5.74, 6) is 0.802. The Hall–Kier alpha value is -2.12. The minimum atomic E-state index is -0.391. The van der Waals surface area contributed by atoms with Crippen molar-refractivity contribution in [3.63, 3.8) is 0 Å². The summed E-state index contributed by atoms with van der Waals surface area (Å²) in [7, 11) is 0. The van der Waals surface area contributed by atoms with E-state index in [1.165, 1.54) is 11.8 Å². The Balaban J connectivity index is 1.87. The number of ether oxygens (including phenoxy) is 1. The van der Waals surface area contributed by atoms with Crippen LogP contribution in [0.1, 0.15) is 34.2 Å². The van der Waals surface area contributed by atoms with Crippen molar-refractivity contribution >= 4 is 35.1 Å². The maximum Gasteiger partial charge on any atom is 0.341 e. The van der Waals surface area contributed by atoms with Gasteiger partial charge in [0, 0.05) is 10.8 Å². The third-order valence-corrected chi connectivity index (χ3v) is 4.80. The number of nitrogens with zero attached hydrogens (tertiary/aromatic N) is 4. The van der Waals surface area contributed by atoms with E-state index in [2.05, 4.69) is 15.1 Å². The summed E-state index contributed by atoms with van der Waals surface area (Å²) in [6.45, 7) is 5.68. The number of benzene rings is 1. The maximum atomic E-state index is 12.1. The number of fused-ring (bicyclic) bond motifs is 1. The Bertz CT molecular complexity index is 925. The molecular weight excluding hydrogens is 360 g/mol. The van der Waals surface area contributed by atoms with E-state index < -0.39 is 5.97 Å². The first-order chi connectivity index (χ1) is 12.0. The standard InChI is InChI=1S/C17H17ClN4O2S/c1-4-24-15(23)14-10(2)19-16-20-17(21-22(16)11(14)3)25-9-12-5-7-13(18)8-6-12/h5-8H,4,9H2,1-3H3. The SMILES string of the molecule is CCOC(=O)c1c(C)nc2nc(SCc3ccc(Cl)cc3)nn2c1C. The first-order valence-electron chi connectivity index (χ1n) is 7.78. The molecule has 0 aliphatic heterocycles. The molecule has 0 aliphatic rings. The van der Waals surface area contributed by atoms with Crippen molar-refractivity contribution in [1.82, 2.24) is 19.6 Å². The van der Waals surface area contributed by atoms with Crippen LogP contribution >= 0.6 is 23.4 Å². The zero-order chi connectivity index (χ0) is 18.0. The number of esters is 1. The number of hydrogen-bond acceptors (Lipinski definition) is 6. The normalized spacial score (nSPS) is 11.0. The molecule has 0 saturated heterocycles. The lowest BCUT2D eigenvalue weighted by molar-refractivity contribution is 0.0523. The molecule has 0 unspecified atom stereocenters. The van der Waals surface area contributed by atoms with Crippen LogP contribution in [0.15, 0.2) is 29.4 Å². The Morgan fingerprint density at radius 2 is 1.96 bits per heavy atom. The number of thioether (sulfide) groups is 1. The molecule has 0 radical (unpaired) electrons. The molecule has 2 aromatic heterocycles. The smallest absolute Gasteiger partial charge is 0.341 e. The average molecular weight is 377 g/mol. The molecule has 0 spiro atoms. The molecule has 0 fully saturated rings. The molecule has 1 aromatic carbocycles. The molecule has 3 aromatic rings. The Morgan fingerprint density at radius 3 is 2.64 bits per heavy atom. The van der Waals surface area contributed by atoms with Gasteiger partial charge in [-0.2, -0.15) is 9.50 Å². The summed E-state index contributed by atoms with van der Waals surface area (Å²) in [5, 5.41) is 5.77. The third-order valence-electron chi connectivity index (χ3n) is 3.64. The summed E-state index contributed by atoms with van der Waals surface area (Å²) in [6, 6.07) is 7.65. The van der Waals surface area contributed by atoms with E-state index in [0.29, 0.717) is 39.5 Å². The maximum absolute atomic E-state index is 12.1. The molecule has 2 heterocycles. The van der Waals surface area contributed by atoms with Crippen LogP contribution in [-0.4, -0.2) is 32.2 Å². The molecule has 0 atom stereocenters. The quantitative estimate of drug-likeness (QED) is 0.497. The lowest BCUT2D eigenvalue weighted by Crippen LogP contribution is -2.14. The molecule has 25 heavy (non-hydrogen) atoms. The van der Waals surface area contributed by atoms with E-state index in [9.17, 15) is 4.79 Å². The Kier molecular flexibility index (Phi) is 5.24. The second-order valence-corrected chi connectivity index (χ2v) is 6.78. The van der Waals surface area contributed by atoms with Gasteiger partial charge in [0.15, 0.2) is 0 Å². The number of rotatable bonds is 5.